The van der Waals surface area contributed by atoms with Gasteiger partial charge in [0.15, 0.2) is 6.10 Å². The second-order valence-corrected chi connectivity index (χ2v) is 7.42. The fourth-order valence-electron chi connectivity index (χ4n) is 4.01. The highest BCUT2D eigenvalue weighted by Gasteiger charge is 2.31. The predicted molar refractivity (Wildman–Crippen MR) is 109 cm³/mol. The summed E-state index contributed by atoms with van der Waals surface area (Å²) in [4.78, 5) is 14.7. The van der Waals surface area contributed by atoms with Crippen molar-refractivity contribution in [1.29, 1.82) is 0 Å². The van der Waals surface area contributed by atoms with Gasteiger partial charge in [0.1, 0.15) is 0 Å². The number of hydrogen-bond acceptors (Lipinski definition) is 4. The summed E-state index contributed by atoms with van der Waals surface area (Å²) in [5.74, 6) is 0.00178. The van der Waals surface area contributed by atoms with E-state index in [0.717, 1.165) is 28.9 Å². The molecule has 0 saturated carbocycles. The molecule has 1 N–H and O–H groups in total. The molecule has 0 unspecified atom stereocenters. The summed E-state index contributed by atoms with van der Waals surface area (Å²) >= 11 is 0. The number of ether oxygens (including phenoxy) is 2. The van der Waals surface area contributed by atoms with Crippen LogP contribution in [-0.2, 0) is 27.2 Å². The third-order valence-electron chi connectivity index (χ3n) is 5.60. The number of H-pyrrole nitrogens is 1. The van der Waals surface area contributed by atoms with Gasteiger partial charge in [-0.05, 0) is 11.1 Å². The molecule has 2 aliphatic rings. The highest BCUT2D eigenvalue weighted by Crippen LogP contribution is 2.30. The molecule has 3 aromatic rings. The summed E-state index contributed by atoms with van der Waals surface area (Å²) < 4.78 is 11.0. The average Bonchev–Trinajstić information content (AvgIpc) is 3.23. The zero-order chi connectivity index (χ0) is 19.6. The molecular weight excluding hydrogens is 366 g/mol. The smallest absolute Gasteiger partial charge is 0.254 e. The van der Waals surface area contributed by atoms with Crippen LogP contribution >= 0.6 is 0 Å². The van der Waals surface area contributed by atoms with Crippen molar-refractivity contribution in [3.63, 3.8) is 0 Å². The van der Waals surface area contributed by atoms with Gasteiger partial charge in [-0.25, -0.2) is 0 Å². The van der Waals surface area contributed by atoms with Crippen molar-refractivity contribution < 1.29 is 14.3 Å². The Labute approximate surface area is 169 Å². The number of carbonyl (C=O) groups excluding carboxylic acids is 1. The average molecular weight is 389 g/mol. The number of aromatic amines is 1. The van der Waals surface area contributed by atoms with E-state index in [9.17, 15) is 4.79 Å². The van der Waals surface area contributed by atoms with Gasteiger partial charge >= 0.3 is 0 Å². The van der Waals surface area contributed by atoms with Crippen molar-refractivity contribution >= 4 is 5.91 Å². The number of hydrogen-bond donors (Lipinski definition) is 1. The number of amides is 1. The molecular formula is C23H23N3O3. The number of rotatable bonds is 3. The molecule has 0 bridgehead atoms. The summed E-state index contributed by atoms with van der Waals surface area (Å²) in [7, 11) is 0. The Kier molecular flexibility index (Phi) is 4.87. The third-order valence-corrected chi connectivity index (χ3v) is 5.60. The van der Waals surface area contributed by atoms with E-state index in [0.29, 0.717) is 32.9 Å². The topological polar surface area (TPSA) is 67.5 Å². The van der Waals surface area contributed by atoms with Gasteiger partial charge in [0.2, 0.25) is 0 Å². The Balaban J connectivity index is 1.37. The molecule has 2 aromatic carbocycles. The Bertz CT molecular complexity index is 992. The zero-order valence-corrected chi connectivity index (χ0v) is 16.1. The van der Waals surface area contributed by atoms with E-state index in [1.54, 1.807) is 0 Å². The standard InChI is InChI=1S/C23H23N3O3/c27-23(21-15-28-12-13-29-21)26-11-10-20-19(14-26)22(25-24-20)18-8-6-17(7-9-18)16-4-2-1-3-5-16/h1-9,21H,10-15H2,(H,24,25)/t21-/m0/s1. The SMILES string of the molecule is O=C([C@@H]1COCCO1)N1CCc2[nH]nc(-c3ccc(-c4ccccc4)cc3)c2C1. The van der Waals surface area contributed by atoms with Gasteiger partial charge in [0, 0.05) is 36.3 Å². The van der Waals surface area contributed by atoms with Crippen molar-refractivity contribution in [2.24, 2.45) is 0 Å². The largest absolute Gasteiger partial charge is 0.376 e. The molecule has 6 nitrogen and oxygen atoms in total. The first-order valence-electron chi connectivity index (χ1n) is 10.00. The molecule has 6 heteroatoms. The Morgan fingerprint density at radius 2 is 1.76 bits per heavy atom. The molecule has 1 aromatic heterocycles. The maximum atomic E-state index is 12.8. The van der Waals surface area contributed by atoms with Crippen LogP contribution in [0, 0.1) is 0 Å². The van der Waals surface area contributed by atoms with E-state index in [1.807, 2.05) is 23.1 Å². The fraction of sp³-hybridized carbons (Fsp3) is 0.304. The van der Waals surface area contributed by atoms with E-state index in [-0.39, 0.29) is 5.91 Å². The van der Waals surface area contributed by atoms with Gasteiger partial charge in [-0.3, -0.25) is 9.89 Å². The van der Waals surface area contributed by atoms with Crippen LogP contribution in [0.4, 0.5) is 0 Å². The minimum atomic E-state index is -0.495. The summed E-state index contributed by atoms with van der Waals surface area (Å²) in [6.07, 6.45) is 0.273. The summed E-state index contributed by atoms with van der Waals surface area (Å²) in [6, 6.07) is 18.7. The number of aromatic nitrogens is 2. The monoisotopic (exact) mass is 389 g/mol. The molecule has 1 saturated heterocycles. The van der Waals surface area contributed by atoms with Gasteiger partial charge < -0.3 is 14.4 Å². The maximum Gasteiger partial charge on any atom is 0.254 e. The fourth-order valence-corrected chi connectivity index (χ4v) is 4.01. The number of fused-ring (bicyclic) bond motifs is 1. The van der Waals surface area contributed by atoms with E-state index in [4.69, 9.17) is 9.47 Å². The minimum Gasteiger partial charge on any atom is -0.376 e. The quantitative estimate of drug-likeness (QED) is 0.748. The molecule has 0 spiro atoms. The van der Waals surface area contributed by atoms with E-state index >= 15 is 0 Å². The second-order valence-electron chi connectivity index (χ2n) is 7.42. The van der Waals surface area contributed by atoms with Crippen molar-refractivity contribution in [2.45, 2.75) is 19.1 Å². The lowest BCUT2D eigenvalue weighted by atomic mass is 9.98. The highest BCUT2D eigenvalue weighted by molar-refractivity contribution is 5.82. The molecule has 1 amide bonds. The van der Waals surface area contributed by atoms with Crippen LogP contribution < -0.4 is 0 Å². The Morgan fingerprint density at radius 1 is 1.00 bits per heavy atom. The molecule has 1 atom stereocenters. The number of nitrogens with zero attached hydrogens (tertiary/aromatic N) is 2. The molecule has 148 valence electrons. The molecule has 0 aliphatic carbocycles. The summed E-state index contributed by atoms with van der Waals surface area (Å²) in [5.41, 5.74) is 6.53. The minimum absolute atomic E-state index is 0.00178. The molecule has 29 heavy (non-hydrogen) atoms. The van der Waals surface area contributed by atoms with E-state index in [2.05, 4.69) is 46.6 Å². The van der Waals surface area contributed by atoms with Crippen LogP contribution in [0.5, 0.6) is 0 Å². The van der Waals surface area contributed by atoms with E-state index < -0.39 is 6.10 Å². The number of benzene rings is 2. The molecule has 1 fully saturated rings. The molecule has 0 radical (unpaired) electrons. The summed E-state index contributed by atoms with van der Waals surface area (Å²) in [6.45, 7) is 2.57. The molecule has 3 heterocycles. The highest BCUT2D eigenvalue weighted by atomic mass is 16.6. The Morgan fingerprint density at radius 3 is 2.52 bits per heavy atom. The number of nitrogens with one attached hydrogen (secondary N) is 1. The van der Waals surface area contributed by atoms with Crippen LogP contribution in [0.2, 0.25) is 0 Å². The van der Waals surface area contributed by atoms with Crippen LogP contribution in [-0.4, -0.2) is 53.5 Å². The third kappa shape index (κ3) is 3.57. The van der Waals surface area contributed by atoms with Crippen molar-refractivity contribution in [3.8, 4) is 22.4 Å². The molecule has 5 rings (SSSR count). The lowest BCUT2D eigenvalue weighted by Crippen LogP contribution is -2.47. The first-order valence-corrected chi connectivity index (χ1v) is 10.00. The van der Waals surface area contributed by atoms with Gasteiger partial charge in [-0.1, -0.05) is 54.6 Å². The van der Waals surface area contributed by atoms with E-state index in [1.165, 1.54) is 11.1 Å². The summed E-state index contributed by atoms with van der Waals surface area (Å²) in [5, 5.41) is 7.72. The van der Waals surface area contributed by atoms with Crippen LogP contribution in [0.3, 0.4) is 0 Å². The van der Waals surface area contributed by atoms with Gasteiger partial charge in [0.05, 0.1) is 25.5 Å². The zero-order valence-electron chi connectivity index (χ0n) is 16.1. The van der Waals surface area contributed by atoms with Crippen LogP contribution in [0.1, 0.15) is 11.3 Å². The molecule has 2 aliphatic heterocycles. The Hall–Kier alpha value is -2.96. The second kappa shape index (κ2) is 7.81. The van der Waals surface area contributed by atoms with Gasteiger partial charge in [0.25, 0.3) is 5.91 Å². The van der Waals surface area contributed by atoms with Crippen LogP contribution in [0.15, 0.2) is 54.6 Å². The van der Waals surface area contributed by atoms with Crippen LogP contribution in [0.25, 0.3) is 22.4 Å². The first kappa shape index (κ1) is 18.1. The lowest BCUT2D eigenvalue weighted by Gasteiger charge is -2.32. The van der Waals surface area contributed by atoms with Crippen molar-refractivity contribution in [3.05, 3.63) is 65.9 Å². The number of carbonyl (C=O) groups is 1. The normalized spacial score (nSPS) is 19.0. The maximum absolute atomic E-state index is 12.8. The van der Waals surface area contributed by atoms with Crippen molar-refractivity contribution in [2.75, 3.05) is 26.4 Å². The van der Waals surface area contributed by atoms with Gasteiger partial charge in [-0.2, -0.15) is 5.10 Å². The first-order chi connectivity index (χ1) is 14.3. The lowest BCUT2D eigenvalue weighted by molar-refractivity contribution is -0.158. The predicted octanol–water partition coefficient (Wildman–Crippen LogP) is 3.04. The van der Waals surface area contributed by atoms with Crippen molar-refractivity contribution in [1.82, 2.24) is 15.1 Å². The van der Waals surface area contributed by atoms with Gasteiger partial charge in [-0.15, -0.1) is 0 Å².